The van der Waals surface area contributed by atoms with Gasteiger partial charge in [-0.15, -0.1) is 0 Å². The maximum absolute atomic E-state index is 13.0. The number of fused-ring (bicyclic) bond motifs is 5. The van der Waals surface area contributed by atoms with E-state index in [0.29, 0.717) is 30.0 Å². The summed E-state index contributed by atoms with van der Waals surface area (Å²) in [5, 5.41) is 0. The highest BCUT2D eigenvalue weighted by Gasteiger charge is 2.62. The molecule has 3 saturated carbocycles. The van der Waals surface area contributed by atoms with Crippen LogP contribution in [0.1, 0.15) is 78.6 Å². The summed E-state index contributed by atoms with van der Waals surface area (Å²) in [5.41, 5.74) is 0.214. The van der Waals surface area contributed by atoms with Crippen molar-refractivity contribution in [1.29, 1.82) is 0 Å². The van der Waals surface area contributed by atoms with Gasteiger partial charge in [0.05, 0.1) is 0 Å². The molecule has 4 rings (SSSR count). The summed E-state index contributed by atoms with van der Waals surface area (Å²) in [7, 11) is 0. The molecule has 0 spiro atoms. The van der Waals surface area contributed by atoms with E-state index in [1.54, 1.807) is 0 Å². The molecule has 4 aliphatic rings. The lowest BCUT2D eigenvalue weighted by molar-refractivity contribution is -0.166. The van der Waals surface area contributed by atoms with E-state index in [0.717, 1.165) is 44.9 Å². The summed E-state index contributed by atoms with van der Waals surface area (Å²) < 4.78 is 5.93. The van der Waals surface area contributed by atoms with Gasteiger partial charge in [0.2, 0.25) is 0 Å². The number of hydrogen-bond acceptors (Lipinski definition) is 3. The van der Waals surface area contributed by atoms with Gasteiger partial charge >= 0.3 is 5.97 Å². The van der Waals surface area contributed by atoms with Crippen LogP contribution in [0.2, 0.25) is 0 Å². The molecule has 0 N–H and O–H groups in total. The number of ketones is 1. The summed E-state index contributed by atoms with van der Waals surface area (Å²) in [6.07, 6.45) is 13.1. The number of carbonyl (C=O) groups is 2. The fourth-order valence-electron chi connectivity index (χ4n) is 7.22. The zero-order valence-corrected chi connectivity index (χ0v) is 16.6. The number of hydrogen-bond donors (Lipinski definition) is 0. The molecule has 0 saturated heterocycles. The first-order valence-corrected chi connectivity index (χ1v) is 10.8. The van der Waals surface area contributed by atoms with Crippen molar-refractivity contribution in [3.05, 3.63) is 12.2 Å². The zero-order chi connectivity index (χ0) is 18.5. The SMILES string of the molecule is CCCC(=O)O[C@H]1CC[C@H]2[C@@H]3CC(=O)[C@H]4CC=CC[C@]4(C)[C@H]3CC[C@]12C. The van der Waals surface area contributed by atoms with Gasteiger partial charge in [-0.3, -0.25) is 9.59 Å². The second kappa shape index (κ2) is 6.49. The average molecular weight is 359 g/mol. The quantitative estimate of drug-likeness (QED) is 0.521. The number of allylic oxidation sites excluding steroid dienone is 2. The van der Waals surface area contributed by atoms with Crippen molar-refractivity contribution in [3.63, 3.8) is 0 Å². The van der Waals surface area contributed by atoms with Crippen LogP contribution in [0.4, 0.5) is 0 Å². The molecule has 0 aromatic rings. The topological polar surface area (TPSA) is 43.4 Å². The number of carbonyl (C=O) groups excluding carboxylic acids is 2. The molecule has 4 aliphatic carbocycles. The van der Waals surface area contributed by atoms with Crippen molar-refractivity contribution >= 4 is 11.8 Å². The Balaban J connectivity index is 1.58. The fraction of sp³-hybridized carbons (Fsp3) is 0.826. The molecule has 3 fully saturated rings. The van der Waals surface area contributed by atoms with Gasteiger partial charge in [0, 0.05) is 24.2 Å². The fourth-order valence-corrected chi connectivity index (χ4v) is 7.22. The summed E-state index contributed by atoms with van der Waals surface area (Å²) in [6, 6.07) is 0. The molecule has 0 amide bonds. The van der Waals surface area contributed by atoms with Gasteiger partial charge in [0.25, 0.3) is 0 Å². The van der Waals surface area contributed by atoms with E-state index in [1.807, 2.05) is 6.92 Å². The van der Waals surface area contributed by atoms with Crippen molar-refractivity contribution in [1.82, 2.24) is 0 Å². The monoisotopic (exact) mass is 358 g/mol. The van der Waals surface area contributed by atoms with Crippen molar-refractivity contribution in [2.45, 2.75) is 84.7 Å². The highest BCUT2D eigenvalue weighted by molar-refractivity contribution is 5.83. The van der Waals surface area contributed by atoms with Crippen LogP contribution in [0.25, 0.3) is 0 Å². The van der Waals surface area contributed by atoms with Crippen LogP contribution < -0.4 is 0 Å². The first-order valence-electron chi connectivity index (χ1n) is 10.8. The Morgan fingerprint density at radius 1 is 1.15 bits per heavy atom. The Morgan fingerprint density at radius 3 is 2.69 bits per heavy atom. The molecular weight excluding hydrogens is 324 g/mol. The van der Waals surface area contributed by atoms with Crippen LogP contribution in [-0.2, 0) is 14.3 Å². The van der Waals surface area contributed by atoms with Gasteiger partial charge in [-0.1, -0.05) is 32.9 Å². The Bertz CT molecular complexity index is 623. The Kier molecular flexibility index (Phi) is 4.56. The van der Waals surface area contributed by atoms with Crippen LogP contribution >= 0.6 is 0 Å². The van der Waals surface area contributed by atoms with E-state index in [-0.39, 0.29) is 28.8 Å². The van der Waals surface area contributed by atoms with Crippen LogP contribution in [0.5, 0.6) is 0 Å². The minimum absolute atomic E-state index is 0.0364. The number of rotatable bonds is 3. The smallest absolute Gasteiger partial charge is 0.306 e. The Morgan fingerprint density at radius 2 is 1.92 bits per heavy atom. The standard InChI is InChI=1S/C23H34O3/c1-4-7-21(25)26-20-10-9-16-15-14-19(24)18-8-5-6-12-22(18,2)17(15)11-13-23(16,20)3/h5-6,15-18,20H,4,7-14H2,1-3H3/t15-,16-,17-,18+,20-,22+,23-/m0/s1. The highest BCUT2D eigenvalue weighted by Crippen LogP contribution is 2.65. The summed E-state index contributed by atoms with van der Waals surface area (Å²) in [6.45, 7) is 6.74. The minimum atomic E-state index is -0.0364. The van der Waals surface area contributed by atoms with Crippen molar-refractivity contribution < 1.29 is 14.3 Å². The Hall–Kier alpha value is -1.12. The average Bonchev–Trinajstić information content (AvgIpc) is 2.92. The van der Waals surface area contributed by atoms with E-state index in [2.05, 4.69) is 26.0 Å². The van der Waals surface area contributed by atoms with Gasteiger partial charge in [-0.2, -0.15) is 0 Å². The predicted octanol–water partition coefficient (Wildman–Crippen LogP) is 5.09. The number of ether oxygens (including phenoxy) is 1. The van der Waals surface area contributed by atoms with Gasteiger partial charge in [0.1, 0.15) is 11.9 Å². The second-order valence-electron chi connectivity index (χ2n) is 9.87. The molecule has 0 heterocycles. The molecule has 3 heteroatoms. The van der Waals surface area contributed by atoms with E-state index >= 15 is 0 Å². The lowest BCUT2D eigenvalue weighted by Crippen LogP contribution is -2.56. The molecule has 0 aliphatic heterocycles. The zero-order valence-electron chi connectivity index (χ0n) is 16.6. The third kappa shape index (κ3) is 2.60. The predicted molar refractivity (Wildman–Crippen MR) is 101 cm³/mol. The van der Waals surface area contributed by atoms with Crippen molar-refractivity contribution in [2.75, 3.05) is 0 Å². The summed E-state index contributed by atoms with van der Waals surface area (Å²) >= 11 is 0. The number of Topliss-reactive ketones (excluding diaryl/α,β-unsaturated/α-hetero) is 1. The van der Waals surface area contributed by atoms with Crippen molar-refractivity contribution in [3.8, 4) is 0 Å². The van der Waals surface area contributed by atoms with Gasteiger partial charge < -0.3 is 4.74 Å². The van der Waals surface area contributed by atoms with E-state index in [9.17, 15) is 9.59 Å². The van der Waals surface area contributed by atoms with Gasteiger partial charge in [-0.05, 0) is 68.1 Å². The minimum Gasteiger partial charge on any atom is -0.462 e. The second-order valence-corrected chi connectivity index (χ2v) is 9.87. The molecule has 7 atom stereocenters. The molecule has 0 bridgehead atoms. The lowest BCUT2D eigenvalue weighted by Gasteiger charge is -2.58. The van der Waals surface area contributed by atoms with Crippen LogP contribution in [0.15, 0.2) is 12.2 Å². The molecule has 0 radical (unpaired) electrons. The van der Waals surface area contributed by atoms with E-state index < -0.39 is 0 Å². The molecular formula is C23H34O3. The third-order valence-electron chi connectivity index (χ3n) is 8.64. The van der Waals surface area contributed by atoms with Gasteiger partial charge in [-0.25, -0.2) is 0 Å². The number of esters is 1. The summed E-state index contributed by atoms with van der Waals surface area (Å²) in [5.74, 6) is 2.37. The third-order valence-corrected chi connectivity index (χ3v) is 8.64. The van der Waals surface area contributed by atoms with Crippen LogP contribution in [0.3, 0.4) is 0 Å². The van der Waals surface area contributed by atoms with Crippen LogP contribution in [-0.4, -0.2) is 17.9 Å². The van der Waals surface area contributed by atoms with Gasteiger partial charge in [0.15, 0.2) is 0 Å². The first kappa shape index (κ1) is 18.3. The van der Waals surface area contributed by atoms with Crippen molar-refractivity contribution in [2.24, 2.45) is 34.5 Å². The highest BCUT2D eigenvalue weighted by atomic mass is 16.5. The normalized spacial score (nSPS) is 47.0. The molecule has 144 valence electrons. The first-order chi connectivity index (χ1) is 12.4. The van der Waals surface area contributed by atoms with Crippen LogP contribution in [0, 0.1) is 34.5 Å². The lowest BCUT2D eigenvalue weighted by atomic mass is 9.45. The maximum Gasteiger partial charge on any atom is 0.306 e. The molecule has 26 heavy (non-hydrogen) atoms. The molecule has 3 nitrogen and oxygen atoms in total. The molecule has 0 aromatic carbocycles. The van der Waals surface area contributed by atoms with E-state index in [1.165, 1.54) is 6.42 Å². The maximum atomic E-state index is 13.0. The van der Waals surface area contributed by atoms with E-state index in [4.69, 9.17) is 4.74 Å². The molecule has 0 aromatic heterocycles. The summed E-state index contributed by atoms with van der Waals surface area (Å²) in [4.78, 5) is 25.1. The molecule has 0 unspecified atom stereocenters. The Labute approximate surface area is 157 Å². The largest absolute Gasteiger partial charge is 0.462 e.